The maximum absolute atomic E-state index is 13.7. The van der Waals surface area contributed by atoms with Crippen molar-refractivity contribution in [1.82, 2.24) is 10.2 Å². The second-order valence-corrected chi connectivity index (χ2v) is 10.00. The van der Waals surface area contributed by atoms with E-state index >= 15 is 0 Å². The first kappa shape index (κ1) is 26.1. The molecule has 2 atom stereocenters. The van der Waals surface area contributed by atoms with Gasteiger partial charge in [0.25, 0.3) is 5.91 Å². The molecule has 3 N–H and O–H groups in total. The van der Waals surface area contributed by atoms with Crippen molar-refractivity contribution in [2.75, 3.05) is 5.32 Å². The van der Waals surface area contributed by atoms with E-state index in [1.807, 2.05) is 25.1 Å². The molecule has 3 rings (SSSR count). The standard InChI is InChI=1S/C27H35N3O5/c1-17-10-6-7-15-22(17)29-24(32)23(19-11-8-14-21(31)16-19)30(20-12-9-13-20)25(33)18(2)28-26(34)35-27(3,4)5/h6-8,10-11,14-16,18,20,23,31H,9,12-13H2,1-5H3,(H,28,34)(H,29,32). The molecule has 8 heteroatoms. The SMILES string of the molecule is Cc1ccccc1NC(=O)C(c1cccc(O)c1)N(C(=O)C(C)NC(=O)OC(C)(C)C)C1CCC1. The third kappa shape index (κ3) is 6.74. The Morgan fingerprint density at radius 1 is 1.09 bits per heavy atom. The molecule has 35 heavy (non-hydrogen) atoms. The van der Waals surface area contributed by atoms with Gasteiger partial charge >= 0.3 is 6.09 Å². The van der Waals surface area contributed by atoms with Gasteiger partial charge in [0.2, 0.25) is 5.91 Å². The van der Waals surface area contributed by atoms with Gasteiger partial charge in [0.05, 0.1) is 0 Å². The highest BCUT2D eigenvalue weighted by molar-refractivity contribution is 5.99. The van der Waals surface area contributed by atoms with Crippen LogP contribution < -0.4 is 10.6 Å². The van der Waals surface area contributed by atoms with E-state index in [1.54, 1.807) is 50.8 Å². The van der Waals surface area contributed by atoms with Crippen LogP contribution in [-0.2, 0) is 14.3 Å². The van der Waals surface area contributed by atoms with E-state index in [-0.39, 0.29) is 11.8 Å². The zero-order valence-electron chi connectivity index (χ0n) is 21.0. The molecule has 0 radical (unpaired) electrons. The van der Waals surface area contributed by atoms with Crippen molar-refractivity contribution in [3.63, 3.8) is 0 Å². The molecule has 0 saturated heterocycles. The van der Waals surface area contributed by atoms with E-state index < -0.39 is 35.6 Å². The van der Waals surface area contributed by atoms with Gasteiger partial charge in [0, 0.05) is 11.7 Å². The summed E-state index contributed by atoms with van der Waals surface area (Å²) in [5.74, 6) is -0.791. The molecule has 1 aliphatic carbocycles. The Morgan fingerprint density at radius 2 is 1.77 bits per heavy atom. The largest absolute Gasteiger partial charge is 0.508 e. The number of amides is 3. The summed E-state index contributed by atoms with van der Waals surface area (Å²) < 4.78 is 5.31. The third-order valence-corrected chi connectivity index (χ3v) is 5.94. The number of benzene rings is 2. The van der Waals surface area contributed by atoms with Crippen LogP contribution in [0.25, 0.3) is 0 Å². The minimum absolute atomic E-state index is 0.00266. The first-order valence-electron chi connectivity index (χ1n) is 11.9. The summed E-state index contributed by atoms with van der Waals surface area (Å²) in [5.41, 5.74) is 1.30. The molecule has 0 spiro atoms. The Labute approximate surface area is 206 Å². The molecular formula is C27H35N3O5. The van der Waals surface area contributed by atoms with Crippen LogP contribution in [0.4, 0.5) is 10.5 Å². The summed E-state index contributed by atoms with van der Waals surface area (Å²) in [6.45, 7) is 8.70. The van der Waals surface area contributed by atoms with Gasteiger partial charge in [-0.2, -0.15) is 0 Å². The highest BCUT2D eigenvalue weighted by atomic mass is 16.6. The maximum Gasteiger partial charge on any atom is 0.408 e. The van der Waals surface area contributed by atoms with Crippen LogP contribution in [0, 0.1) is 6.92 Å². The zero-order valence-corrected chi connectivity index (χ0v) is 21.0. The van der Waals surface area contributed by atoms with Gasteiger partial charge in [0.15, 0.2) is 0 Å². The molecule has 2 aromatic rings. The van der Waals surface area contributed by atoms with Gasteiger partial charge in [-0.15, -0.1) is 0 Å². The summed E-state index contributed by atoms with van der Waals surface area (Å²) in [7, 11) is 0. The lowest BCUT2D eigenvalue weighted by Gasteiger charge is -2.43. The predicted octanol–water partition coefficient (Wildman–Crippen LogP) is 4.67. The fraction of sp³-hybridized carbons (Fsp3) is 0.444. The highest BCUT2D eigenvalue weighted by Gasteiger charge is 2.41. The molecule has 8 nitrogen and oxygen atoms in total. The number of alkyl carbamates (subject to hydrolysis) is 1. The van der Waals surface area contributed by atoms with Crippen molar-refractivity contribution in [3.05, 3.63) is 59.7 Å². The monoisotopic (exact) mass is 481 g/mol. The van der Waals surface area contributed by atoms with E-state index in [0.29, 0.717) is 11.3 Å². The Bertz CT molecular complexity index is 1070. The number of para-hydroxylation sites is 1. The number of carbonyl (C=O) groups is 3. The number of ether oxygens (including phenoxy) is 1. The number of aryl methyl sites for hydroxylation is 1. The number of nitrogens with one attached hydrogen (secondary N) is 2. The normalized spacial score (nSPS) is 15.3. The fourth-order valence-electron chi connectivity index (χ4n) is 4.00. The van der Waals surface area contributed by atoms with Crippen molar-refractivity contribution < 1.29 is 24.2 Å². The van der Waals surface area contributed by atoms with Gasteiger partial charge < -0.3 is 25.4 Å². The van der Waals surface area contributed by atoms with Crippen LogP contribution in [-0.4, -0.2) is 45.6 Å². The quantitative estimate of drug-likeness (QED) is 0.532. The van der Waals surface area contributed by atoms with Gasteiger partial charge in [0.1, 0.15) is 23.4 Å². The number of anilines is 1. The summed E-state index contributed by atoms with van der Waals surface area (Å²) in [6, 6.07) is 11.7. The van der Waals surface area contributed by atoms with E-state index in [4.69, 9.17) is 4.74 Å². The van der Waals surface area contributed by atoms with Crippen molar-refractivity contribution in [1.29, 1.82) is 0 Å². The van der Waals surface area contributed by atoms with Crippen LogP contribution in [0.2, 0.25) is 0 Å². The second-order valence-electron chi connectivity index (χ2n) is 10.00. The van der Waals surface area contributed by atoms with E-state index in [2.05, 4.69) is 10.6 Å². The molecule has 1 aliphatic rings. The Kier molecular flexibility index (Phi) is 8.04. The molecule has 0 bridgehead atoms. The van der Waals surface area contributed by atoms with Crippen molar-refractivity contribution in [3.8, 4) is 5.75 Å². The molecule has 2 aromatic carbocycles. The first-order chi connectivity index (χ1) is 16.5. The Balaban J connectivity index is 1.95. The predicted molar refractivity (Wildman–Crippen MR) is 134 cm³/mol. The average molecular weight is 482 g/mol. The van der Waals surface area contributed by atoms with Crippen LogP contribution in [0.3, 0.4) is 0 Å². The number of hydrogen-bond donors (Lipinski definition) is 3. The van der Waals surface area contributed by atoms with Gasteiger partial charge in [-0.05, 0) is 83.2 Å². The van der Waals surface area contributed by atoms with Crippen molar-refractivity contribution >= 4 is 23.6 Å². The minimum atomic E-state index is -0.998. The van der Waals surface area contributed by atoms with Crippen LogP contribution >= 0.6 is 0 Å². The summed E-state index contributed by atoms with van der Waals surface area (Å²) in [5, 5.41) is 15.7. The molecule has 0 heterocycles. The molecule has 2 unspecified atom stereocenters. The number of carbonyl (C=O) groups excluding carboxylic acids is 3. The zero-order chi connectivity index (χ0) is 25.8. The number of hydrogen-bond acceptors (Lipinski definition) is 5. The maximum atomic E-state index is 13.7. The van der Waals surface area contributed by atoms with E-state index in [1.165, 1.54) is 12.1 Å². The Morgan fingerprint density at radius 3 is 2.34 bits per heavy atom. The van der Waals surface area contributed by atoms with Crippen LogP contribution in [0.1, 0.15) is 64.1 Å². The minimum Gasteiger partial charge on any atom is -0.508 e. The van der Waals surface area contributed by atoms with E-state index in [0.717, 1.165) is 24.8 Å². The lowest BCUT2D eigenvalue weighted by molar-refractivity contribution is -0.145. The second kappa shape index (κ2) is 10.8. The summed E-state index contributed by atoms with van der Waals surface area (Å²) in [4.78, 5) is 41.3. The first-order valence-corrected chi connectivity index (χ1v) is 11.9. The van der Waals surface area contributed by atoms with Gasteiger partial charge in [-0.25, -0.2) is 4.79 Å². The highest BCUT2D eigenvalue weighted by Crippen LogP contribution is 2.35. The summed E-state index contributed by atoms with van der Waals surface area (Å²) >= 11 is 0. The molecule has 188 valence electrons. The van der Waals surface area contributed by atoms with Crippen molar-refractivity contribution in [2.24, 2.45) is 0 Å². The van der Waals surface area contributed by atoms with Crippen molar-refractivity contribution in [2.45, 2.75) is 77.6 Å². The molecular weight excluding hydrogens is 446 g/mol. The van der Waals surface area contributed by atoms with Crippen LogP contribution in [0.5, 0.6) is 5.75 Å². The summed E-state index contributed by atoms with van der Waals surface area (Å²) in [6.07, 6.45) is 1.73. The number of nitrogens with zero attached hydrogens (tertiary/aromatic N) is 1. The average Bonchev–Trinajstić information content (AvgIpc) is 2.71. The third-order valence-electron chi connectivity index (χ3n) is 5.94. The molecule has 0 aliphatic heterocycles. The topological polar surface area (TPSA) is 108 Å². The number of phenols is 1. The molecule has 1 fully saturated rings. The number of rotatable bonds is 7. The molecule has 0 aromatic heterocycles. The van der Waals surface area contributed by atoms with Gasteiger partial charge in [-0.3, -0.25) is 9.59 Å². The number of phenolic OH excluding ortho intramolecular Hbond substituents is 1. The lowest BCUT2D eigenvalue weighted by atomic mass is 9.88. The van der Waals surface area contributed by atoms with E-state index in [9.17, 15) is 19.5 Å². The van der Waals surface area contributed by atoms with Gasteiger partial charge in [-0.1, -0.05) is 30.3 Å². The molecule has 3 amide bonds. The lowest BCUT2D eigenvalue weighted by Crippen LogP contribution is -2.56. The molecule has 1 saturated carbocycles. The van der Waals surface area contributed by atoms with Crippen LogP contribution in [0.15, 0.2) is 48.5 Å². The smallest absolute Gasteiger partial charge is 0.408 e. The Hall–Kier alpha value is -3.55. The number of aromatic hydroxyl groups is 1. The fourth-order valence-corrected chi connectivity index (χ4v) is 4.00.